The van der Waals surface area contributed by atoms with Crippen LogP contribution in [-0.2, 0) is 6.54 Å². The van der Waals surface area contributed by atoms with E-state index in [-0.39, 0.29) is 12.1 Å². The second-order valence-electron chi connectivity index (χ2n) is 7.85. The Morgan fingerprint density at radius 1 is 1.06 bits per heavy atom. The minimum atomic E-state index is -0.0739. The van der Waals surface area contributed by atoms with Crippen LogP contribution in [0.25, 0.3) is 0 Å². The zero-order valence-corrected chi connectivity index (χ0v) is 19.9. The van der Waals surface area contributed by atoms with Gasteiger partial charge in [-0.2, -0.15) is 0 Å². The van der Waals surface area contributed by atoms with Crippen molar-refractivity contribution in [2.75, 3.05) is 4.90 Å². The highest BCUT2D eigenvalue weighted by Gasteiger charge is 2.42. The second-order valence-corrected chi connectivity index (χ2v) is 9.09. The van der Waals surface area contributed by atoms with E-state index in [1.807, 2.05) is 30.6 Å². The molecule has 1 N–H and O–H groups in total. The Labute approximate surface area is 201 Å². The Hall–Kier alpha value is -3.03. The lowest BCUT2D eigenvalue weighted by Crippen LogP contribution is -2.30. The number of halogens is 1. The monoisotopic (exact) mass is 503 g/mol. The summed E-state index contributed by atoms with van der Waals surface area (Å²) < 4.78 is 3.35. The number of rotatable bonds is 5. The van der Waals surface area contributed by atoms with Gasteiger partial charge >= 0.3 is 0 Å². The number of benzene rings is 1. The van der Waals surface area contributed by atoms with Gasteiger partial charge in [0.25, 0.3) is 0 Å². The van der Waals surface area contributed by atoms with E-state index in [0.29, 0.717) is 5.11 Å². The molecule has 0 amide bonds. The molecule has 5 nitrogen and oxygen atoms in total. The predicted molar refractivity (Wildman–Crippen MR) is 135 cm³/mol. The lowest BCUT2D eigenvalue weighted by molar-refractivity contribution is 0.533. The molecule has 5 rings (SSSR count). The fourth-order valence-corrected chi connectivity index (χ4v) is 4.83. The Morgan fingerprint density at radius 3 is 2.72 bits per heavy atom. The van der Waals surface area contributed by atoms with Crippen LogP contribution in [0.2, 0.25) is 0 Å². The zero-order chi connectivity index (χ0) is 22.1. The molecule has 0 bridgehead atoms. The van der Waals surface area contributed by atoms with Crippen LogP contribution in [0.1, 0.15) is 34.6 Å². The first-order valence-corrected chi connectivity index (χ1v) is 11.6. The molecular formula is C25H22BrN5S. The normalized spacial score (nSPS) is 18.1. The van der Waals surface area contributed by atoms with E-state index < -0.39 is 0 Å². The highest BCUT2D eigenvalue weighted by Crippen LogP contribution is 2.42. The Morgan fingerprint density at radius 2 is 1.97 bits per heavy atom. The molecule has 0 aliphatic carbocycles. The van der Waals surface area contributed by atoms with Crippen LogP contribution >= 0.6 is 28.1 Å². The Bertz CT molecular complexity index is 1240. The molecule has 4 heterocycles. The summed E-state index contributed by atoms with van der Waals surface area (Å²) in [6.07, 6.45) is 7.66. The van der Waals surface area contributed by atoms with Gasteiger partial charge in [0.1, 0.15) is 6.04 Å². The van der Waals surface area contributed by atoms with Crippen LogP contribution in [0.15, 0.2) is 89.9 Å². The number of aromatic nitrogens is 3. The van der Waals surface area contributed by atoms with Crippen LogP contribution < -0.4 is 10.2 Å². The quantitative estimate of drug-likeness (QED) is 0.360. The largest absolute Gasteiger partial charge is 0.351 e. The third-order valence-electron chi connectivity index (χ3n) is 5.76. The first kappa shape index (κ1) is 20.8. The third-order valence-corrected chi connectivity index (χ3v) is 6.97. The molecular weight excluding hydrogens is 482 g/mol. The minimum absolute atomic E-state index is 0.0513. The molecule has 4 aromatic rings. The third kappa shape index (κ3) is 3.94. The molecule has 160 valence electrons. The number of hydrogen-bond acceptors (Lipinski definition) is 3. The summed E-state index contributed by atoms with van der Waals surface area (Å²) in [6, 6.07) is 20.6. The smallest absolute Gasteiger partial charge is 0.174 e. The van der Waals surface area contributed by atoms with Crippen molar-refractivity contribution in [3.05, 3.63) is 112 Å². The number of aryl methyl sites for hydroxylation is 1. The summed E-state index contributed by atoms with van der Waals surface area (Å²) in [6.45, 7) is 2.83. The van der Waals surface area contributed by atoms with Gasteiger partial charge in [-0.15, -0.1) is 0 Å². The maximum Gasteiger partial charge on any atom is 0.174 e. The molecule has 7 heteroatoms. The molecule has 0 radical (unpaired) electrons. The van der Waals surface area contributed by atoms with Gasteiger partial charge in [0.05, 0.1) is 11.7 Å². The molecule has 1 aromatic carbocycles. The molecule has 1 fully saturated rings. The van der Waals surface area contributed by atoms with Gasteiger partial charge < -0.3 is 14.8 Å². The van der Waals surface area contributed by atoms with E-state index >= 15 is 0 Å². The molecule has 0 unspecified atom stereocenters. The summed E-state index contributed by atoms with van der Waals surface area (Å²) in [5.41, 5.74) is 5.50. The van der Waals surface area contributed by atoms with Crippen molar-refractivity contribution in [2.24, 2.45) is 0 Å². The van der Waals surface area contributed by atoms with Crippen molar-refractivity contribution in [1.29, 1.82) is 0 Å². The van der Waals surface area contributed by atoms with Gasteiger partial charge in [0.15, 0.2) is 5.11 Å². The summed E-state index contributed by atoms with van der Waals surface area (Å²) in [5.74, 6) is 0. The number of nitrogens with one attached hydrogen (secondary N) is 1. The van der Waals surface area contributed by atoms with Crippen LogP contribution in [0, 0.1) is 6.92 Å². The van der Waals surface area contributed by atoms with Crippen molar-refractivity contribution in [1.82, 2.24) is 19.9 Å². The summed E-state index contributed by atoms with van der Waals surface area (Å²) in [5, 5.41) is 4.24. The minimum Gasteiger partial charge on any atom is -0.351 e. The van der Waals surface area contributed by atoms with Crippen LogP contribution in [0.3, 0.4) is 0 Å². The fourth-order valence-electron chi connectivity index (χ4n) is 4.24. The molecule has 1 saturated heterocycles. The van der Waals surface area contributed by atoms with Gasteiger partial charge in [-0.1, -0.05) is 28.1 Å². The number of thiocarbonyl (C=S) groups is 1. The van der Waals surface area contributed by atoms with Crippen molar-refractivity contribution >= 4 is 38.9 Å². The molecule has 0 saturated carbocycles. The average Bonchev–Trinajstić information content (AvgIpc) is 3.40. The predicted octanol–water partition coefficient (Wildman–Crippen LogP) is 5.57. The lowest BCUT2D eigenvalue weighted by Gasteiger charge is -2.29. The first-order valence-electron chi connectivity index (χ1n) is 10.4. The zero-order valence-electron chi connectivity index (χ0n) is 17.5. The number of hydrogen-bond donors (Lipinski definition) is 1. The summed E-state index contributed by atoms with van der Waals surface area (Å²) >= 11 is 9.47. The maximum atomic E-state index is 5.86. The van der Waals surface area contributed by atoms with Gasteiger partial charge in [0, 0.05) is 47.2 Å². The van der Waals surface area contributed by atoms with Crippen LogP contribution in [0.5, 0.6) is 0 Å². The second kappa shape index (κ2) is 8.84. The van der Waals surface area contributed by atoms with E-state index in [1.54, 1.807) is 6.20 Å². The average molecular weight is 504 g/mol. The van der Waals surface area contributed by atoms with E-state index in [0.717, 1.165) is 39.2 Å². The molecule has 3 aromatic heterocycles. The maximum absolute atomic E-state index is 5.86. The van der Waals surface area contributed by atoms with Gasteiger partial charge in [0.2, 0.25) is 0 Å². The molecule has 32 heavy (non-hydrogen) atoms. The van der Waals surface area contributed by atoms with Crippen LogP contribution in [-0.4, -0.2) is 19.6 Å². The van der Waals surface area contributed by atoms with E-state index in [1.165, 1.54) is 0 Å². The Kier molecular flexibility index (Phi) is 5.76. The van der Waals surface area contributed by atoms with Gasteiger partial charge in [-0.05, 0) is 78.8 Å². The van der Waals surface area contributed by atoms with Gasteiger partial charge in [-0.3, -0.25) is 9.97 Å². The van der Waals surface area contributed by atoms with Crippen molar-refractivity contribution in [3.63, 3.8) is 0 Å². The van der Waals surface area contributed by atoms with Crippen molar-refractivity contribution in [2.45, 2.75) is 25.6 Å². The molecule has 1 aliphatic rings. The highest BCUT2D eigenvalue weighted by molar-refractivity contribution is 9.10. The number of nitrogens with zero attached hydrogens (tertiary/aromatic N) is 4. The number of anilines is 1. The van der Waals surface area contributed by atoms with E-state index in [2.05, 4.69) is 96.3 Å². The summed E-state index contributed by atoms with van der Waals surface area (Å²) in [7, 11) is 0. The van der Waals surface area contributed by atoms with Gasteiger partial charge in [-0.25, -0.2) is 0 Å². The fraction of sp³-hybridized carbons (Fsp3) is 0.160. The molecule has 1 aliphatic heterocycles. The molecule has 0 spiro atoms. The first-order chi connectivity index (χ1) is 15.6. The Balaban J connectivity index is 1.61. The topological polar surface area (TPSA) is 46.0 Å². The lowest BCUT2D eigenvalue weighted by atomic mass is 10.0. The number of pyridine rings is 2. The van der Waals surface area contributed by atoms with Crippen LogP contribution in [0.4, 0.5) is 5.69 Å². The van der Waals surface area contributed by atoms with Crippen molar-refractivity contribution in [3.8, 4) is 0 Å². The van der Waals surface area contributed by atoms with E-state index in [4.69, 9.17) is 12.2 Å². The molecule has 2 atom stereocenters. The summed E-state index contributed by atoms with van der Waals surface area (Å²) in [4.78, 5) is 11.1. The van der Waals surface area contributed by atoms with E-state index in [9.17, 15) is 0 Å². The SMILES string of the molecule is Cc1cc(N2C(=S)N[C@@H](c3ccccn3)[C@@H]2c2cccn2Cc2cccnc2)ccc1Br. The standard InChI is InChI=1S/C25H22BrN5S/c1-17-14-19(9-10-20(17)26)31-24(23(29-25(31)32)21-7-2-3-12-28-21)22-8-5-13-30(22)16-18-6-4-11-27-15-18/h2-15,23-24H,16H2,1H3,(H,29,32)/t23-,24-/m0/s1. The van der Waals surface area contributed by atoms with Crippen molar-refractivity contribution < 1.29 is 0 Å². The highest BCUT2D eigenvalue weighted by atomic mass is 79.9.